The second-order valence-corrected chi connectivity index (χ2v) is 5.85. The number of hydrogen-bond acceptors (Lipinski definition) is 6. The van der Waals surface area contributed by atoms with Crippen LogP contribution in [0.25, 0.3) is 0 Å². The van der Waals surface area contributed by atoms with Crippen LogP contribution >= 0.6 is 0 Å². The third-order valence-corrected chi connectivity index (χ3v) is 3.80. The normalized spacial score (nSPS) is 10.1. The first-order valence-corrected chi connectivity index (χ1v) is 8.53. The number of ketones is 1. The molecule has 146 valence electrons. The van der Waals surface area contributed by atoms with Crippen LogP contribution in [0.15, 0.2) is 82.2 Å². The van der Waals surface area contributed by atoms with E-state index >= 15 is 0 Å². The van der Waals surface area contributed by atoms with Gasteiger partial charge in [0.1, 0.15) is 12.0 Å². The van der Waals surface area contributed by atoms with E-state index in [4.69, 9.17) is 4.74 Å². The first-order valence-electron chi connectivity index (χ1n) is 8.53. The zero-order valence-corrected chi connectivity index (χ0v) is 15.1. The molecule has 3 aromatic rings. The van der Waals surface area contributed by atoms with Gasteiger partial charge in [-0.3, -0.25) is 25.2 Å². The van der Waals surface area contributed by atoms with Crippen LogP contribution < -0.4 is 21.2 Å². The molecule has 2 amide bonds. The Morgan fingerprint density at radius 3 is 2.10 bits per heavy atom. The SMILES string of the molecule is O=C(COc1ccc(C(=O)c2ccccc2)cc1)NNC(=O)c1ccc(=O)oc1. The van der Waals surface area contributed by atoms with Gasteiger partial charge in [-0.25, -0.2) is 4.79 Å². The summed E-state index contributed by atoms with van der Waals surface area (Å²) in [6.07, 6.45) is 0.985. The number of nitrogens with one attached hydrogen (secondary N) is 2. The highest BCUT2D eigenvalue weighted by Crippen LogP contribution is 2.15. The van der Waals surface area contributed by atoms with E-state index in [1.165, 1.54) is 6.07 Å². The molecule has 1 aromatic heterocycles. The molecule has 0 saturated carbocycles. The maximum absolute atomic E-state index is 12.3. The van der Waals surface area contributed by atoms with Crippen LogP contribution in [0, 0.1) is 0 Å². The second-order valence-electron chi connectivity index (χ2n) is 5.85. The van der Waals surface area contributed by atoms with Gasteiger partial charge >= 0.3 is 5.63 Å². The van der Waals surface area contributed by atoms with Gasteiger partial charge in [-0.2, -0.15) is 0 Å². The van der Waals surface area contributed by atoms with Gasteiger partial charge in [0.15, 0.2) is 12.4 Å². The molecule has 2 N–H and O–H groups in total. The molecule has 0 fully saturated rings. The standard InChI is InChI=1S/C21H16N2O6/c24-18(22-23-21(27)16-8-11-19(25)29-12-16)13-28-17-9-6-15(7-10-17)20(26)14-4-2-1-3-5-14/h1-12H,13H2,(H,22,24)(H,23,27). The fourth-order valence-electron chi connectivity index (χ4n) is 2.33. The van der Waals surface area contributed by atoms with Gasteiger partial charge < -0.3 is 9.15 Å². The van der Waals surface area contributed by atoms with E-state index in [9.17, 15) is 19.2 Å². The summed E-state index contributed by atoms with van der Waals surface area (Å²) in [6.45, 7) is -0.351. The quantitative estimate of drug-likeness (QED) is 0.488. The molecule has 0 bridgehead atoms. The number of benzene rings is 2. The van der Waals surface area contributed by atoms with Gasteiger partial charge in [-0.15, -0.1) is 0 Å². The molecule has 1 heterocycles. The van der Waals surface area contributed by atoms with Crippen LogP contribution in [-0.2, 0) is 4.79 Å². The molecule has 8 nitrogen and oxygen atoms in total. The molecule has 2 aromatic carbocycles. The number of hydrazine groups is 1. The Balaban J connectivity index is 1.47. The lowest BCUT2D eigenvalue weighted by atomic mass is 10.0. The summed E-state index contributed by atoms with van der Waals surface area (Å²) in [6, 6.07) is 17.6. The molecule has 0 saturated heterocycles. The van der Waals surface area contributed by atoms with Gasteiger partial charge in [-0.05, 0) is 30.3 Å². The lowest BCUT2D eigenvalue weighted by Gasteiger charge is -2.09. The molecule has 3 rings (SSSR count). The number of rotatable bonds is 6. The lowest BCUT2D eigenvalue weighted by Crippen LogP contribution is -2.43. The van der Waals surface area contributed by atoms with Crippen LogP contribution in [0.5, 0.6) is 5.75 Å². The Hall–Kier alpha value is -4.20. The minimum atomic E-state index is -0.647. The molecule has 8 heteroatoms. The largest absolute Gasteiger partial charge is 0.484 e. The van der Waals surface area contributed by atoms with Crippen molar-refractivity contribution in [2.24, 2.45) is 0 Å². The third-order valence-electron chi connectivity index (χ3n) is 3.80. The Morgan fingerprint density at radius 1 is 0.793 bits per heavy atom. The molecule has 0 radical (unpaired) electrons. The van der Waals surface area contributed by atoms with Crippen molar-refractivity contribution >= 4 is 17.6 Å². The molecule has 0 aliphatic heterocycles. The van der Waals surface area contributed by atoms with Crippen molar-refractivity contribution in [3.8, 4) is 5.75 Å². The van der Waals surface area contributed by atoms with Crippen molar-refractivity contribution in [3.63, 3.8) is 0 Å². The van der Waals surface area contributed by atoms with Gasteiger partial charge in [-0.1, -0.05) is 30.3 Å². The summed E-state index contributed by atoms with van der Waals surface area (Å²) >= 11 is 0. The van der Waals surface area contributed by atoms with Crippen molar-refractivity contribution in [2.75, 3.05) is 6.61 Å². The van der Waals surface area contributed by atoms with Crippen LogP contribution in [0.2, 0.25) is 0 Å². The van der Waals surface area contributed by atoms with Gasteiger partial charge in [0, 0.05) is 17.2 Å². The summed E-state index contributed by atoms with van der Waals surface area (Å²) in [5, 5.41) is 0. The molecule has 0 aliphatic rings. The topological polar surface area (TPSA) is 115 Å². The maximum Gasteiger partial charge on any atom is 0.335 e. The van der Waals surface area contributed by atoms with E-state index in [1.807, 2.05) is 6.07 Å². The molecular weight excluding hydrogens is 376 g/mol. The highest BCUT2D eigenvalue weighted by atomic mass is 16.5. The highest BCUT2D eigenvalue weighted by molar-refractivity contribution is 6.09. The molecule has 0 spiro atoms. The zero-order valence-electron chi connectivity index (χ0n) is 15.1. The average Bonchev–Trinajstić information content (AvgIpc) is 2.77. The van der Waals surface area contributed by atoms with Gasteiger partial charge in [0.25, 0.3) is 11.8 Å². The summed E-state index contributed by atoms with van der Waals surface area (Å²) < 4.78 is 9.90. The number of carbonyl (C=O) groups is 3. The van der Waals surface area contributed by atoms with E-state index in [0.29, 0.717) is 16.9 Å². The molecule has 0 atom stereocenters. The van der Waals surface area contributed by atoms with Crippen LogP contribution in [0.4, 0.5) is 0 Å². The summed E-state index contributed by atoms with van der Waals surface area (Å²) in [5.74, 6) is -0.971. The number of carbonyl (C=O) groups excluding carboxylic acids is 3. The minimum Gasteiger partial charge on any atom is -0.484 e. The Labute approximate surface area is 165 Å². The predicted octanol–water partition coefficient (Wildman–Crippen LogP) is 1.71. The monoisotopic (exact) mass is 392 g/mol. The highest BCUT2D eigenvalue weighted by Gasteiger charge is 2.10. The summed E-state index contributed by atoms with van der Waals surface area (Å²) in [4.78, 5) is 46.8. The fraction of sp³-hybridized carbons (Fsp3) is 0.0476. The Kier molecular flexibility index (Phi) is 6.16. The molecule has 0 aliphatic carbocycles. The van der Waals surface area contributed by atoms with E-state index in [0.717, 1.165) is 12.3 Å². The van der Waals surface area contributed by atoms with Crippen LogP contribution in [0.3, 0.4) is 0 Å². The number of hydrogen-bond donors (Lipinski definition) is 2. The van der Waals surface area contributed by atoms with Gasteiger partial charge in [0.05, 0.1) is 5.56 Å². The van der Waals surface area contributed by atoms with Crippen molar-refractivity contribution in [1.29, 1.82) is 0 Å². The first-order chi connectivity index (χ1) is 14.0. The van der Waals surface area contributed by atoms with Crippen molar-refractivity contribution in [2.45, 2.75) is 0 Å². The first kappa shape index (κ1) is 19.6. The Bertz CT molecular complexity index is 1050. The minimum absolute atomic E-state index is 0.0736. The van der Waals surface area contributed by atoms with Crippen LogP contribution in [-0.4, -0.2) is 24.2 Å². The van der Waals surface area contributed by atoms with Crippen molar-refractivity contribution < 1.29 is 23.5 Å². The third kappa shape index (κ3) is 5.39. The zero-order chi connectivity index (χ0) is 20.6. The maximum atomic E-state index is 12.3. The van der Waals surface area contributed by atoms with Crippen molar-refractivity contribution in [1.82, 2.24) is 10.9 Å². The predicted molar refractivity (Wildman–Crippen MR) is 102 cm³/mol. The van der Waals surface area contributed by atoms with E-state index in [1.54, 1.807) is 48.5 Å². The second kappa shape index (κ2) is 9.14. The summed E-state index contributed by atoms with van der Waals surface area (Å²) in [7, 11) is 0. The number of ether oxygens (including phenoxy) is 1. The molecular formula is C21H16N2O6. The van der Waals surface area contributed by atoms with E-state index in [-0.39, 0.29) is 18.0 Å². The fourth-order valence-corrected chi connectivity index (χ4v) is 2.33. The van der Waals surface area contributed by atoms with Crippen molar-refractivity contribution in [3.05, 3.63) is 100 Å². The van der Waals surface area contributed by atoms with Gasteiger partial charge in [0.2, 0.25) is 0 Å². The average molecular weight is 392 g/mol. The Morgan fingerprint density at radius 2 is 1.45 bits per heavy atom. The smallest absolute Gasteiger partial charge is 0.335 e. The van der Waals surface area contributed by atoms with E-state index < -0.39 is 17.4 Å². The lowest BCUT2D eigenvalue weighted by molar-refractivity contribution is -0.123. The van der Waals surface area contributed by atoms with Crippen LogP contribution in [0.1, 0.15) is 26.3 Å². The van der Waals surface area contributed by atoms with E-state index in [2.05, 4.69) is 15.3 Å². The summed E-state index contributed by atoms with van der Waals surface area (Å²) in [5.41, 5.74) is 4.91. The molecule has 0 unspecified atom stereocenters. The number of amides is 2. The molecule has 29 heavy (non-hydrogen) atoms.